The lowest BCUT2D eigenvalue weighted by atomic mass is 10.1. The van der Waals surface area contributed by atoms with E-state index in [1.54, 1.807) is 6.08 Å². The van der Waals surface area contributed by atoms with Gasteiger partial charge in [-0.05, 0) is 6.92 Å². The normalized spacial score (nSPS) is 8.54. The molecule has 0 aromatic heterocycles. The highest BCUT2D eigenvalue weighted by Gasteiger charge is 1.83. The molecule has 0 aliphatic rings. The minimum atomic E-state index is 1.02. The smallest absolute Gasteiger partial charge is 0.0404 e. The molecule has 0 N–H and O–H groups in total. The summed E-state index contributed by atoms with van der Waals surface area (Å²) in [6, 6.07) is 0. The molecule has 0 aliphatic carbocycles. The van der Waals surface area contributed by atoms with E-state index in [-0.39, 0.29) is 0 Å². The lowest BCUT2D eigenvalue weighted by Gasteiger charge is -1.93. The van der Waals surface area contributed by atoms with Gasteiger partial charge < -0.3 is 0 Å². The Balaban J connectivity index is 0. The number of hydrogen-bond acceptors (Lipinski definition) is 0. The van der Waals surface area contributed by atoms with Crippen LogP contribution in [0.1, 0.15) is 59.3 Å². The molecule has 0 nitrogen and oxygen atoms in total. The van der Waals surface area contributed by atoms with E-state index in [0.29, 0.717) is 0 Å². The molecule has 0 aliphatic heterocycles. The second-order valence-electron chi connectivity index (χ2n) is 3.46. The van der Waals surface area contributed by atoms with Crippen LogP contribution in [0.3, 0.4) is 0 Å². The number of unbranched alkanes of at least 4 members (excludes halogenated alkanes) is 5. The summed E-state index contributed by atoms with van der Waals surface area (Å²) in [7, 11) is 0. The molecule has 0 aromatic rings. The molecule has 0 atom stereocenters. The van der Waals surface area contributed by atoms with Gasteiger partial charge in [0.2, 0.25) is 0 Å². The Bertz CT molecular complexity index is 105. The van der Waals surface area contributed by atoms with Crippen LogP contribution >= 0.6 is 0 Å². The largest absolute Gasteiger partial charge is 0.0988 e. The number of rotatable bonds is 6. The topological polar surface area (TPSA) is 0 Å². The van der Waals surface area contributed by atoms with Gasteiger partial charge in [-0.2, -0.15) is 0 Å². The molecule has 0 bridgehead atoms. The Morgan fingerprint density at radius 1 is 1.00 bits per heavy atom. The fourth-order valence-electron chi connectivity index (χ4n) is 0.854. The summed E-state index contributed by atoms with van der Waals surface area (Å²) in [4.78, 5) is 0. The molecule has 0 heteroatoms. The van der Waals surface area contributed by atoms with E-state index in [1.165, 1.54) is 38.5 Å². The molecule has 0 radical (unpaired) electrons. The molecule has 78 valence electrons. The molecule has 0 aromatic carbocycles. The molecule has 0 saturated carbocycles. The minimum Gasteiger partial charge on any atom is -0.0988 e. The Morgan fingerprint density at radius 2 is 1.31 bits per heavy atom. The highest BCUT2D eigenvalue weighted by molar-refractivity contribution is 5.05. The zero-order valence-electron chi connectivity index (χ0n) is 9.73. The summed E-state index contributed by atoms with van der Waals surface area (Å²) in [6.45, 7) is 13.4. The molecular weight excluding hydrogens is 156 g/mol. The maximum Gasteiger partial charge on any atom is -0.0404 e. The van der Waals surface area contributed by atoms with Gasteiger partial charge in [0.25, 0.3) is 0 Å². The lowest BCUT2D eigenvalue weighted by molar-refractivity contribution is 0.624. The van der Waals surface area contributed by atoms with Crippen molar-refractivity contribution in [2.24, 2.45) is 0 Å². The zero-order valence-corrected chi connectivity index (χ0v) is 9.73. The van der Waals surface area contributed by atoms with Gasteiger partial charge in [0.15, 0.2) is 0 Å². The van der Waals surface area contributed by atoms with Gasteiger partial charge in [0, 0.05) is 0 Å². The van der Waals surface area contributed by atoms with Crippen LogP contribution in [0.25, 0.3) is 0 Å². The van der Waals surface area contributed by atoms with E-state index in [0.717, 1.165) is 5.57 Å². The zero-order chi connectivity index (χ0) is 10.5. The molecule has 0 spiro atoms. The summed E-state index contributed by atoms with van der Waals surface area (Å²) in [5.41, 5.74) is 1.02. The first-order valence-electron chi connectivity index (χ1n) is 5.46. The van der Waals surface area contributed by atoms with Crippen LogP contribution in [0.5, 0.6) is 0 Å². The van der Waals surface area contributed by atoms with Crippen LogP contribution in [0.15, 0.2) is 24.8 Å². The predicted octanol–water partition coefficient (Wildman–Crippen LogP) is 5.12. The molecule has 0 heterocycles. The van der Waals surface area contributed by atoms with Gasteiger partial charge in [0.1, 0.15) is 0 Å². The quantitative estimate of drug-likeness (QED) is 0.395. The lowest BCUT2D eigenvalue weighted by Crippen LogP contribution is -1.73. The van der Waals surface area contributed by atoms with Crippen molar-refractivity contribution in [1.29, 1.82) is 0 Å². The molecule has 0 rings (SSSR count). The van der Waals surface area contributed by atoms with Gasteiger partial charge in [0.05, 0.1) is 0 Å². The minimum absolute atomic E-state index is 1.02. The second kappa shape index (κ2) is 14.0. The predicted molar refractivity (Wildman–Crippen MR) is 64.1 cm³/mol. The highest BCUT2D eigenvalue weighted by atomic mass is 13.9. The third kappa shape index (κ3) is 24.6. The first-order chi connectivity index (χ1) is 6.18. The fourth-order valence-corrected chi connectivity index (χ4v) is 0.854. The molecule has 0 unspecified atom stereocenters. The van der Waals surface area contributed by atoms with Crippen LogP contribution in [-0.4, -0.2) is 0 Å². The molecular formula is C13H26. The maximum absolute atomic E-state index is 3.56. The van der Waals surface area contributed by atoms with Crippen molar-refractivity contribution >= 4 is 0 Å². The molecule has 13 heavy (non-hydrogen) atoms. The van der Waals surface area contributed by atoms with Crippen molar-refractivity contribution in [2.45, 2.75) is 59.3 Å². The first kappa shape index (κ1) is 15.0. The van der Waals surface area contributed by atoms with Crippen molar-refractivity contribution in [3.63, 3.8) is 0 Å². The summed E-state index contributed by atoms with van der Waals surface area (Å²) in [6.07, 6.45) is 10.2. The van der Waals surface area contributed by atoms with Gasteiger partial charge in [-0.25, -0.2) is 0 Å². The van der Waals surface area contributed by atoms with Crippen LogP contribution in [0, 0.1) is 0 Å². The summed E-state index contributed by atoms with van der Waals surface area (Å²) in [5, 5.41) is 0. The van der Waals surface area contributed by atoms with Crippen LogP contribution < -0.4 is 0 Å². The van der Waals surface area contributed by atoms with Crippen molar-refractivity contribution in [2.75, 3.05) is 0 Å². The van der Waals surface area contributed by atoms with Crippen LogP contribution in [-0.2, 0) is 0 Å². The number of hydrogen-bond donors (Lipinski definition) is 0. The van der Waals surface area contributed by atoms with E-state index < -0.39 is 0 Å². The van der Waals surface area contributed by atoms with Crippen molar-refractivity contribution < 1.29 is 0 Å². The molecule has 0 amide bonds. The third-order valence-electron chi connectivity index (χ3n) is 1.81. The monoisotopic (exact) mass is 182 g/mol. The van der Waals surface area contributed by atoms with Crippen LogP contribution in [0.2, 0.25) is 0 Å². The van der Waals surface area contributed by atoms with E-state index in [4.69, 9.17) is 0 Å². The standard InChI is InChI=1S/C8H18.C5H8/c1-3-5-7-8-6-4-2;1-4-5(2)3/h3-8H2,1-2H3;4H,1-2H2,3H3. The van der Waals surface area contributed by atoms with E-state index in [2.05, 4.69) is 27.0 Å². The van der Waals surface area contributed by atoms with E-state index in [9.17, 15) is 0 Å². The third-order valence-corrected chi connectivity index (χ3v) is 1.81. The Kier molecular flexibility index (Phi) is 16.2. The van der Waals surface area contributed by atoms with Gasteiger partial charge >= 0.3 is 0 Å². The van der Waals surface area contributed by atoms with Gasteiger partial charge in [-0.1, -0.05) is 77.2 Å². The average Bonchev–Trinajstić information content (AvgIpc) is 2.14. The molecule has 0 fully saturated rings. The Labute approximate surface area is 84.7 Å². The summed E-state index contributed by atoms with van der Waals surface area (Å²) < 4.78 is 0. The van der Waals surface area contributed by atoms with Gasteiger partial charge in [-0.15, -0.1) is 0 Å². The molecule has 0 saturated heterocycles. The van der Waals surface area contributed by atoms with Crippen molar-refractivity contribution in [3.8, 4) is 0 Å². The SMILES string of the molecule is C=CC(=C)C.CCCCCCCC. The van der Waals surface area contributed by atoms with E-state index in [1.807, 2.05) is 6.92 Å². The summed E-state index contributed by atoms with van der Waals surface area (Å²) >= 11 is 0. The van der Waals surface area contributed by atoms with Crippen molar-refractivity contribution in [1.82, 2.24) is 0 Å². The Morgan fingerprint density at radius 3 is 1.46 bits per heavy atom. The van der Waals surface area contributed by atoms with E-state index >= 15 is 0 Å². The number of allylic oxidation sites excluding steroid dienone is 2. The Hall–Kier alpha value is -0.520. The highest BCUT2D eigenvalue weighted by Crippen LogP contribution is 2.03. The van der Waals surface area contributed by atoms with Crippen LogP contribution in [0.4, 0.5) is 0 Å². The average molecular weight is 182 g/mol. The first-order valence-corrected chi connectivity index (χ1v) is 5.46. The summed E-state index contributed by atoms with van der Waals surface area (Å²) in [5.74, 6) is 0. The van der Waals surface area contributed by atoms with Crippen molar-refractivity contribution in [3.05, 3.63) is 24.8 Å². The van der Waals surface area contributed by atoms with Gasteiger partial charge in [-0.3, -0.25) is 0 Å². The second-order valence-corrected chi connectivity index (χ2v) is 3.46. The fraction of sp³-hybridized carbons (Fsp3) is 0.692. The maximum atomic E-state index is 3.56.